The van der Waals surface area contributed by atoms with Crippen molar-refractivity contribution in [1.82, 2.24) is 23.4 Å². The van der Waals surface area contributed by atoms with Crippen LogP contribution in [0.25, 0.3) is 22.1 Å². The molecule has 0 unspecified atom stereocenters. The first-order valence-electron chi connectivity index (χ1n) is 19.4. The monoisotopic (exact) mass is 803 g/mol. The molecule has 5 heterocycles. The van der Waals surface area contributed by atoms with E-state index in [0.29, 0.717) is 41.3 Å². The van der Waals surface area contributed by atoms with Gasteiger partial charge in [-0.2, -0.15) is 4.31 Å². The van der Waals surface area contributed by atoms with Gasteiger partial charge in [0.05, 0.1) is 31.9 Å². The highest BCUT2D eigenvalue weighted by Gasteiger charge is 2.31. The molecule has 2 aromatic carbocycles. The highest BCUT2D eigenvalue weighted by molar-refractivity contribution is 8.13. The number of halogens is 1. The summed E-state index contributed by atoms with van der Waals surface area (Å²) in [6, 6.07) is 10.4. The van der Waals surface area contributed by atoms with E-state index in [2.05, 4.69) is 57.6 Å². The molecular formula is C40H58ClN5O6S2. The summed E-state index contributed by atoms with van der Waals surface area (Å²) in [5.41, 5.74) is 3.18. The Bertz CT molecular complexity index is 2150. The molecule has 54 heavy (non-hydrogen) atoms. The summed E-state index contributed by atoms with van der Waals surface area (Å²) in [5, 5.41) is 0. The van der Waals surface area contributed by atoms with Gasteiger partial charge < -0.3 is 18.6 Å². The number of ether oxygens (including phenoxy) is 2. The number of aromatic nitrogens is 4. The van der Waals surface area contributed by atoms with Crippen LogP contribution in [0.5, 0.6) is 0 Å². The van der Waals surface area contributed by atoms with Crippen LogP contribution in [-0.4, -0.2) is 79.8 Å². The van der Waals surface area contributed by atoms with Crippen molar-refractivity contribution in [3.8, 4) is 0 Å². The smallest absolute Gasteiger partial charge is 0.261 e. The predicted octanol–water partition coefficient (Wildman–Crippen LogP) is 7.87. The van der Waals surface area contributed by atoms with Gasteiger partial charge in [-0.1, -0.05) is 48.5 Å². The molecule has 0 saturated carbocycles. The van der Waals surface area contributed by atoms with Gasteiger partial charge in [-0.15, -0.1) is 0 Å². The Morgan fingerprint density at radius 1 is 0.667 bits per heavy atom. The Morgan fingerprint density at radius 2 is 1.07 bits per heavy atom. The van der Waals surface area contributed by atoms with Crippen LogP contribution in [0.4, 0.5) is 0 Å². The lowest BCUT2D eigenvalue weighted by molar-refractivity contribution is 0.0610. The summed E-state index contributed by atoms with van der Waals surface area (Å²) >= 11 is 0. The minimum absolute atomic E-state index is 0.0906. The first-order chi connectivity index (χ1) is 25.3. The predicted molar refractivity (Wildman–Crippen MR) is 214 cm³/mol. The molecule has 3 aliphatic rings. The quantitative estimate of drug-likeness (QED) is 0.173. The first-order valence-corrected chi connectivity index (χ1v) is 23.2. The SMILES string of the molecule is CC(C)(C)c1nc2cc(S(=O)(=O)Cl)ccc2n1CC1CCOCC1.CC1CCN(S(=O)(=O)c2ccc3c(c2)nc(C(C)(C)C)n3CC2CCOCC2)CC1. The van der Waals surface area contributed by atoms with Crippen molar-refractivity contribution < 1.29 is 26.3 Å². The highest BCUT2D eigenvalue weighted by atomic mass is 35.7. The summed E-state index contributed by atoms with van der Waals surface area (Å²) in [6.07, 6.45) is 6.05. The van der Waals surface area contributed by atoms with Gasteiger partial charge >= 0.3 is 0 Å². The molecule has 11 nitrogen and oxygen atoms in total. The van der Waals surface area contributed by atoms with E-state index in [0.717, 1.165) is 106 Å². The largest absolute Gasteiger partial charge is 0.381 e. The standard InChI is InChI=1S/C23H35N3O3S.C17H23ClN2O3S/c1-17-7-11-25(12-8-17)30(27,28)19-5-6-21-20(15-19)24-22(23(2,3)4)26(21)16-18-9-13-29-14-10-18;1-17(2,3)16-19-14-10-13(24(18,21)22)4-5-15(14)20(16)11-12-6-8-23-9-7-12/h5-6,15,17-18H,7-14,16H2,1-4H3;4-5,10,12H,6-9,11H2,1-3H3. The van der Waals surface area contributed by atoms with Crippen LogP contribution in [0.2, 0.25) is 0 Å². The van der Waals surface area contributed by atoms with Gasteiger partial charge in [0.25, 0.3) is 9.05 Å². The molecule has 0 radical (unpaired) electrons. The number of nitrogens with zero attached hydrogens (tertiary/aromatic N) is 5. The highest BCUT2D eigenvalue weighted by Crippen LogP contribution is 2.33. The van der Waals surface area contributed by atoms with Crippen LogP contribution in [0.3, 0.4) is 0 Å². The normalized spacial score (nSPS) is 19.3. The first kappa shape index (κ1) is 41.1. The molecule has 0 aliphatic carbocycles. The Balaban J connectivity index is 0.000000189. The Hall–Kier alpha value is -2.55. The van der Waals surface area contributed by atoms with Crippen LogP contribution in [-0.2, 0) is 52.5 Å². The summed E-state index contributed by atoms with van der Waals surface area (Å²) in [7, 11) is -1.75. The van der Waals surface area contributed by atoms with E-state index in [4.69, 9.17) is 30.1 Å². The fourth-order valence-corrected chi connectivity index (χ4v) is 10.1. The van der Waals surface area contributed by atoms with Crippen LogP contribution in [0, 0.1) is 17.8 Å². The number of fused-ring (bicyclic) bond motifs is 2. The minimum atomic E-state index is -3.75. The molecule has 0 spiro atoms. The third-order valence-corrected chi connectivity index (χ3v) is 14.3. The zero-order chi connectivity index (χ0) is 39.1. The van der Waals surface area contributed by atoms with E-state index in [1.54, 1.807) is 28.6 Å². The number of benzene rings is 2. The second-order valence-electron chi connectivity index (χ2n) is 17.5. The van der Waals surface area contributed by atoms with Crippen molar-refractivity contribution in [2.24, 2.45) is 17.8 Å². The van der Waals surface area contributed by atoms with Gasteiger partial charge in [-0.05, 0) is 92.7 Å². The fourth-order valence-electron chi connectivity index (χ4n) is 7.79. The minimum Gasteiger partial charge on any atom is -0.381 e. The van der Waals surface area contributed by atoms with E-state index >= 15 is 0 Å². The average Bonchev–Trinajstić information content (AvgIpc) is 3.67. The number of piperidine rings is 1. The van der Waals surface area contributed by atoms with Gasteiger partial charge in [0.15, 0.2) is 0 Å². The molecule has 3 fully saturated rings. The lowest BCUT2D eigenvalue weighted by Crippen LogP contribution is -2.37. The molecule has 0 atom stereocenters. The molecule has 3 aliphatic heterocycles. The van der Waals surface area contributed by atoms with Crippen LogP contribution >= 0.6 is 10.7 Å². The lowest BCUT2D eigenvalue weighted by Gasteiger charge is -2.29. The second kappa shape index (κ2) is 16.1. The van der Waals surface area contributed by atoms with E-state index in [9.17, 15) is 16.8 Å². The van der Waals surface area contributed by atoms with E-state index in [-0.39, 0.29) is 15.7 Å². The zero-order valence-electron chi connectivity index (χ0n) is 33.0. The van der Waals surface area contributed by atoms with Gasteiger partial charge in [-0.25, -0.2) is 26.8 Å². The number of hydrogen-bond acceptors (Lipinski definition) is 8. The molecule has 0 N–H and O–H groups in total. The van der Waals surface area contributed by atoms with Crippen LogP contribution in [0.15, 0.2) is 46.2 Å². The summed E-state index contributed by atoms with van der Waals surface area (Å²) in [5.74, 6) is 3.69. The Labute approximate surface area is 326 Å². The maximum absolute atomic E-state index is 13.2. The molecule has 2 aromatic heterocycles. The van der Waals surface area contributed by atoms with Crippen molar-refractivity contribution in [1.29, 1.82) is 0 Å². The second-order valence-corrected chi connectivity index (χ2v) is 22.0. The molecule has 4 aromatic rings. The topological polar surface area (TPSA) is 126 Å². The molecule has 298 valence electrons. The molecule has 14 heteroatoms. The van der Waals surface area contributed by atoms with Gasteiger partial charge in [-0.3, -0.25) is 0 Å². The molecule has 0 bridgehead atoms. The van der Waals surface area contributed by atoms with Gasteiger partial charge in [0, 0.05) is 74.1 Å². The summed E-state index contributed by atoms with van der Waals surface area (Å²) in [6.45, 7) is 21.3. The molecular weight excluding hydrogens is 746 g/mol. The molecule has 7 rings (SSSR count). The Morgan fingerprint density at radius 3 is 1.48 bits per heavy atom. The van der Waals surface area contributed by atoms with Gasteiger partial charge in [0.2, 0.25) is 10.0 Å². The van der Waals surface area contributed by atoms with E-state index in [1.165, 1.54) is 0 Å². The fraction of sp³-hybridized carbons (Fsp3) is 0.650. The van der Waals surface area contributed by atoms with Crippen molar-refractivity contribution in [3.63, 3.8) is 0 Å². The zero-order valence-corrected chi connectivity index (χ0v) is 35.4. The number of hydrogen-bond donors (Lipinski definition) is 0. The lowest BCUT2D eigenvalue weighted by atomic mass is 9.94. The van der Waals surface area contributed by atoms with Crippen LogP contribution in [0.1, 0.15) is 98.6 Å². The van der Waals surface area contributed by atoms with Crippen molar-refractivity contribution in [2.45, 2.75) is 121 Å². The van der Waals surface area contributed by atoms with Crippen molar-refractivity contribution >= 4 is 51.8 Å². The average molecular weight is 805 g/mol. The van der Waals surface area contributed by atoms with Gasteiger partial charge in [0.1, 0.15) is 11.6 Å². The number of sulfonamides is 1. The van der Waals surface area contributed by atoms with Crippen molar-refractivity contribution in [2.75, 3.05) is 39.5 Å². The third-order valence-electron chi connectivity index (χ3n) is 11.0. The summed E-state index contributed by atoms with van der Waals surface area (Å²) < 4.78 is 66.8. The summed E-state index contributed by atoms with van der Waals surface area (Å²) in [4.78, 5) is 10.1. The van der Waals surface area contributed by atoms with Crippen LogP contribution < -0.4 is 0 Å². The Kier molecular flexibility index (Phi) is 12.3. The third kappa shape index (κ3) is 9.35. The number of imidazole rings is 2. The van der Waals surface area contributed by atoms with E-state index < -0.39 is 19.1 Å². The molecule has 0 amide bonds. The number of rotatable bonds is 7. The van der Waals surface area contributed by atoms with E-state index in [1.807, 2.05) is 12.1 Å². The molecule has 3 saturated heterocycles. The van der Waals surface area contributed by atoms with Crippen molar-refractivity contribution in [3.05, 3.63) is 48.0 Å². The maximum Gasteiger partial charge on any atom is 0.261 e. The maximum atomic E-state index is 13.2.